The lowest BCUT2D eigenvalue weighted by atomic mass is 10.4. The second kappa shape index (κ2) is 5.91. The van der Waals surface area contributed by atoms with Crippen LogP contribution in [-0.4, -0.2) is 36.1 Å². The summed E-state index contributed by atoms with van der Waals surface area (Å²) >= 11 is 1.77. The van der Waals surface area contributed by atoms with Crippen molar-refractivity contribution in [1.29, 1.82) is 0 Å². The highest BCUT2D eigenvalue weighted by Gasteiger charge is 2.01. The Balaban J connectivity index is 3.21. The van der Waals surface area contributed by atoms with E-state index in [0.717, 1.165) is 13.0 Å². The maximum Gasteiger partial charge on any atom is 0.282 e. The van der Waals surface area contributed by atoms with Crippen LogP contribution in [0.25, 0.3) is 0 Å². The molecule has 0 radical (unpaired) electrons. The average molecular weight is 257 g/mol. The molecule has 0 aromatic carbocycles. The van der Waals surface area contributed by atoms with Gasteiger partial charge in [-0.3, -0.25) is 4.79 Å². The molecule has 0 aliphatic carbocycles. The molecule has 4 heteroatoms. The van der Waals surface area contributed by atoms with Gasteiger partial charge in [-0.25, -0.2) is 0 Å². The molecule has 0 spiro atoms. The molecule has 10 heavy (non-hydrogen) atoms. The molecule has 0 aromatic heterocycles. The summed E-state index contributed by atoms with van der Waals surface area (Å²) in [5, 5.41) is 0. The highest BCUT2D eigenvalue weighted by molar-refractivity contribution is 14.1. The zero-order valence-electron chi connectivity index (χ0n) is 6.26. The summed E-state index contributed by atoms with van der Waals surface area (Å²) in [6.45, 7) is 1.49. The van der Waals surface area contributed by atoms with Crippen molar-refractivity contribution in [3.8, 4) is 0 Å². The number of hydrogen-bond acceptors (Lipinski definition) is 2. The molecular formula is C6H12INO2. The zero-order chi connectivity index (χ0) is 7.98. The van der Waals surface area contributed by atoms with E-state index in [9.17, 15) is 4.79 Å². The van der Waals surface area contributed by atoms with Gasteiger partial charge in [0.05, 0.1) is 0 Å². The van der Waals surface area contributed by atoms with E-state index in [0.29, 0.717) is 6.61 Å². The maximum atomic E-state index is 10.6. The van der Waals surface area contributed by atoms with Crippen molar-refractivity contribution in [2.24, 2.45) is 0 Å². The van der Waals surface area contributed by atoms with E-state index in [1.165, 1.54) is 0 Å². The molecular weight excluding hydrogens is 245 g/mol. The number of ether oxygens (including phenoxy) is 1. The van der Waals surface area contributed by atoms with E-state index in [-0.39, 0.29) is 3.91 Å². The van der Waals surface area contributed by atoms with Crippen molar-refractivity contribution in [1.82, 2.24) is 4.90 Å². The lowest BCUT2D eigenvalue weighted by Gasteiger charge is -2.12. The third-order valence-corrected chi connectivity index (χ3v) is 1.97. The molecule has 60 valence electrons. The second-order valence-corrected chi connectivity index (χ2v) is 2.94. The summed E-state index contributed by atoms with van der Waals surface area (Å²) < 4.78 is 4.91. The number of amides is 1. The van der Waals surface area contributed by atoms with Gasteiger partial charge in [0.1, 0.15) is 0 Å². The molecule has 0 unspecified atom stereocenters. The van der Waals surface area contributed by atoms with Gasteiger partial charge in [0.25, 0.3) is 3.91 Å². The number of hydrogen-bond donors (Lipinski definition) is 0. The van der Waals surface area contributed by atoms with Crippen LogP contribution in [0.2, 0.25) is 0 Å². The molecule has 1 amide bonds. The SMILES string of the molecule is COCCCN(C)C(=O)I. The minimum atomic E-state index is 0.0775. The molecule has 0 saturated heterocycles. The summed E-state index contributed by atoms with van der Waals surface area (Å²) in [6.07, 6.45) is 0.905. The van der Waals surface area contributed by atoms with E-state index in [4.69, 9.17) is 4.74 Å². The lowest BCUT2D eigenvalue weighted by Crippen LogP contribution is -2.22. The number of rotatable bonds is 4. The van der Waals surface area contributed by atoms with Crippen LogP contribution in [0.15, 0.2) is 0 Å². The average Bonchev–Trinajstić information content (AvgIpc) is 1.88. The van der Waals surface area contributed by atoms with Crippen LogP contribution in [0, 0.1) is 0 Å². The Kier molecular flexibility index (Phi) is 6.00. The minimum Gasteiger partial charge on any atom is -0.385 e. The molecule has 0 saturated carbocycles. The first-order valence-electron chi connectivity index (χ1n) is 3.08. The minimum absolute atomic E-state index is 0.0775. The summed E-state index contributed by atoms with van der Waals surface area (Å²) in [5.41, 5.74) is 0. The number of methoxy groups -OCH3 is 1. The van der Waals surface area contributed by atoms with Gasteiger partial charge < -0.3 is 9.64 Å². The van der Waals surface area contributed by atoms with Gasteiger partial charge in [-0.1, -0.05) is 0 Å². The number of halogens is 1. The van der Waals surface area contributed by atoms with Crippen LogP contribution >= 0.6 is 22.6 Å². The van der Waals surface area contributed by atoms with Crippen molar-refractivity contribution in [2.75, 3.05) is 27.3 Å². The van der Waals surface area contributed by atoms with E-state index < -0.39 is 0 Å². The first kappa shape index (κ1) is 10.2. The van der Waals surface area contributed by atoms with Gasteiger partial charge in [-0.05, 0) is 6.42 Å². The van der Waals surface area contributed by atoms with Crippen LogP contribution in [0.3, 0.4) is 0 Å². The van der Waals surface area contributed by atoms with Gasteiger partial charge >= 0.3 is 0 Å². The van der Waals surface area contributed by atoms with E-state index in [2.05, 4.69) is 0 Å². The van der Waals surface area contributed by atoms with Crippen LogP contribution < -0.4 is 0 Å². The van der Waals surface area contributed by atoms with Gasteiger partial charge in [0.15, 0.2) is 0 Å². The van der Waals surface area contributed by atoms with Crippen LogP contribution in [0.4, 0.5) is 4.79 Å². The summed E-state index contributed by atoms with van der Waals surface area (Å²) in [4.78, 5) is 12.3. The fourth-order valence-corrected chi connectivity index (χ4v) is 0.775. The van der Waals surface area contributed by atoms with E-state index in [1.54, 1.807) is 41.6 Å². The fraction of sp³-hybridized carbons (Fsp3) is 0.833. The van der Waals surface area contributed by atoms with Gasteiger partial charge in [0.2, 0.25) is 0 Å². The van der Waals surface area contributed by atoms with Crippen molar-refractivity contribution >= 4 is 26.5 Å². The molecule has 0 N–H and O–H groups in total. The quantitative estimate of drug-likeness (QED) is 0.330. The first-order chi connectivity index (χ1) is 4.68. The van der Waals surface area contributed by atoms with Crippen LogP contribution in [-0.2, 0) is 4.74 Å². The Bertz CT molecular complexity index is 108. The Morgan fingerprint density at radius 2 is 2.30 bits per heavy atom. The standard InChI is InChI=1S/C6H12INO2/c1-8(6(7)9)4-3-5-10-2/h3-5H2,1-2H3. The predicted molar refractivity (Wildman–Crippen MR) is 48.5 cm³/mol. The first-order valence-corrected chi connectivity index (χ1v) is 4.16. The van der Waals surface area contributed by atoms with E-state index in [1.807, 2.05) is 0 Å². The molecule has 0 aromatic rings. The van der Waals surface area contributed by atoms with Crippen molar-refractivity contribution in [3.63, 3.8) is 0 Å². The Morgan fingerprint density at radius 3 is 2.70 bits per heavy atom. The van der Waals surface area contributed by atoms with Gasteiger partial charge in [-0.15, -0.1) is 0 Å². The topological polar surface area (TPSA) is 29.5 Å². The number of nitrogens with zero attached hydrogens (tertiary/aromatic N) is 1. The van der Waals surface area contributed by atoms with Crippen LogP contribution in [0.5, 0.6) is 0 Å². The van der Waals surface area contributed by atoms with Crippen molar-refractivity contribution in [2.45, 2.75) is 6.42 Å². The highest BCUT2D eigenvalue weighted by atomic mass is 127. The maximum absolute atomic E-state index is 10.6. The molecule has 0 fully saturated rings. The zero-order valence-corrected chi connectivity index (χ0v) is 8.42. The molecule has 0 rings (SSSR count). The largest absolute Gasteiger partial charge is 0.385 e. The molecule has 0 atom stereocenters. The molecule has 0 bridgehead atoms. The normalized spacial score (nSPS) is 9.50. The number of carbonyl (C=O) groups excluding carboxylic acids is 1. The molecule has 0 heterocycles. The van der Waals surface area contributed by atoms with Crippen molar-refractivity contribution < 1.29 is 9.53 Å². The summed E-state index contributed by atoms with van der Waals surface area (Å²) in [6, 6.07) is 0. The lowest BCUT2D eigenvalue weighted by molar-refractivity contribution is 0.183. The molecule has 3 nitrogen and oxygen atoms in total. The van der Waals surface area contributed by atoms with Gasteiger partial charge in [0, 0.05) is 49.9 Å². The Morgan fingerprint density at radius 1 is 1.70 bits per heavy atom. The Labute approximate surface area is 74.9 Å². The Hall–Kier alpha value is 0.160. The second-order valence-electron chi connectivity index (χ2n) is 2.02. The van der Waals surface area contributed by atoms with Crippen molar-refractivity contribution in [3.05, 3.63) is 0 Å². The third-order valence-electron chi connectivity index (χ3n) is 1.14. The predicted octanol–water partition coefficient (Wildman–Crippen LogP) is 1.51. The number of carbonyl (C=O) groups is 1. The highest BCUT2D eigenvalue weighted by Crippen LogP contribution is 1.96. The fourth-order valence-electron chi connectivity index (χ4n) is 0.534. The molecule has 0 aliphatic heterocycles. The smallest absolute Gasteiger partial charge is 0.282 e. The van der Waals surface area contributed by atoms with Crippen LogP contribution in [0.1, 0.15) is 6.42 Å². The van der Waals surface area contributed by atoms with E-state index >= 15 is 0 Å². The third kappa shape index (κ3) is 4.99. The monoisotopic (exact) mass is 257 g/mol. The molecule has 0 aliphatic rings. The van der Waals surface area contributed by atoms with Gasteiger partial charge in [-0.2, -0.15) is 0 Å². The summed E-state index contributed by atoms with van der Waals surface area (Å²) in [7, 11) is 3.44. The summed E-state index contributed by atoms with van der Waals surface area (Å²) in [5.74, 6) is 0.